The van der Waals surface area contributed by atoms with E-state index in [9.17, 15) is 14.9 Å². The molecule has 100 valence electrons. The van der Waals surface area contributed by atoms with Gasteiger partial charge in [-0.1, -0.05) is 0 Å². The summed E-state index contributed by atoms with van der Waals surface area (Å²) >= 11 is 5.57. The highest BCUT2D eigenvalue weighted by molar-refractivity contribution is 6.17. The quantitative estimate of drug-likeness (QED) is 0.490. The first-order valence-electron chi connectivity index (χ1n) is 5.64. The van der Waals surface area contributed by atoms with Crippen LogP contribution in [0.15, 0.2) is 12.1 Å². The van der Waals surface area contributed by atoms with Gasteiger partial charge in [0.15, 0.2) is 5.69 Å². The fraction of sp³-hybridized carbons (Fsp3) is 0.545. The molecule has 0 aliphatic heterocycles. The van der Waals surface area contributed by atoms with Gasteiger partial charge in [0.1, 0.15) is 0 Å². The van der Waals surface area contributed by atoms with Crippen LogP contribution in [0.1, 0.15) is 30.3 Å². The number of halogens is 1. The molecule has 1 aromatic heterocycles. The van der Waals surface area contributed by atoms with Crippen molar-refractivity contribution in [3.8, 4) is 0 Å². The molecule has 0 saturated carbocycles. The fourth-order valence-electron chi connectivity index (χ4n) is 1.67. The van der Waals surface area contributed by atoms with E-state index < -0.39 is 4.92 Å². The van der Waals surface area contributed by atoms with Crippen molar-refractivity contribution < 1.29 is 9.72 Å². The summed E-state index contributed by atoms with van der Waals surface area (Å²) < 4.78 is 1.27. The third kappa shape index (κ3) is 3.46. The molecule has 0 radical (unpaired) electrons. The van der Waals surface area contributed by atoms with Gasteiger partial charge in [-0.2, -0.15) is 0 Å². The van der Waals surface area contributed by atoms with E-state index in [1.807, 2.05) is 6.92 Å². The number of hydrogen-bond acceptors (Lipinski definition) is 3. The molecular weight excluding hydrogens is 258 g/mol. The zero-order valence-corrected chi connectivity index (χ0v) is 11.1. The number of hydrogen-bond donors (Lipinski definition) is 1. The molecule has 0 aliphatic rings. The molecule has 0 spiro atoms. The average Bonchev–Trinajstić information content (AvgIpc) is 2.68. The van der Waals surface area contributed by atoms with E-state index in [2.05, 4.69) is 5.32 Å². The number of amides is 1. The Labute approximate surface area is 110 Å². The topological polar surface area (TPSA) is 77.2 Å². The van der Waals surface area contributed by atoms with E-state index >= 15 is 0 Å². The second-order valence-electron chi connectivity index (χ2n) is 4.10. The Morgan fingerprint density at radius 2 is 2.28 bits per heavy atom. The minimum atomic E-state index is -0.520. The van der Waals surface area contributed by atoms with Crippen LogP contribution in [0.25, 0.3) is 0 Å². The van der Waals surface area contributed by atoms with Crippen LogP contribution in [0.5, 0.6) is 0 Å². The summed E-state index contributed by atoms with van der Waals surface area (Å²) in [6.45, 7) is 1.88. The van der Waals surface area contributed by atoms with Crippen LogP contribution in [0.4, 0.5) is 5.82 Å². The zero-order chi connectivity index (χ0) is 13.7. The molecule has 1 aromatic rings. The molecule has 0 bridgehead atoms. The van der Waals surface area contributed by atoms with Crippen LogP contribution >= 0.6 is 11.6 Å². The zero-order valence-electron chi connectivity index (χ0n) is 10.4. The fourth-order valence-corrected chi connectivity index (χ4v) is 1.82. The lowest BCUT2D eigenvalue weighted by atomic mass is 10.2. The molecule has 18 heavy (non-hydrogen) atoms. The van der Waals surface area contributed by atoms with Gasteiger partial charge in [-0.15, -0.1) is 11.6 Å². The molecule has 0 aromatic carbocycles. The smallest absolute Gasteiger partial charge is 0.323 e. The summed E-state index contributed by atoms with van der Waals surface area (Å²) in [7, 11) is 1.50. The predicted molar refractivity (Wildman–Crippen MR) is 68.9 cm³/mol. The molecule has 0 saturated heterocycles. The van der Waals surface area contributed by atoms with Gasteiger partial charge >= 0.3 is 5.82 Å². The van der Waals surface area contributed by atoms with Crippen molar-refractivity contribution in [1.29, 1.82) is 0 Å². The Kier molecular flexibility index (Phi) is 5.15. The molecule has 1 atom stereocenters. The number of nitro groups is 1. The van der Waals surface area contributed by atoms with E-state index in [0.29, 0.717) is 5.88 Å². The van der Waals surface area contributed by atoms with Crippen LogP contribution in [0.2, 0.25) is 0 Å². The lowest BCUT2D eigenvalue weighted by Gasteiger charge is -2.12. The largest absolute Gasteiger partial charge is 0.358 e. The highest BCUT2D eigenvalue weighted by Crippen LogP contribution is 2.15. The number of nitrogens with one attached hydrogen (secondary N) is 1. The highest BCUT2D eigenvalue weighted by atomic mass is 35.5. The van der Waals surface area contributed by atoms with Crippen LogP contribution in [-0.2, 0) is 7.05 Å². The van der Waals surface area contributed by atoms with E-state index in [1.165, 1.54) is 23.7 Å². The van der Waals surface area contributed by atoms with E-state index in [0.717, 1.165) is 12.8 Å². The van der Waals surface area contributed by atoms with E-state index in [4.69, 9.17) is 11.6 Å². The molecule has 1 amide bonds. The van der Waals surface area contributed by atoms with Crippen LogP contribution in [0.3, 0.4) is 0 Å². The summed E-state index contributed by atoms with van der Waals surface area (Å²) in [6.07, 6.45) is 1.60. The number of carbonyl (C=O) groups is 1. The normalized spacial score (nSPS) is 12.2. The molecule has 0 fully saturated rings. The van der Waals surface area contributed by atoms with Crippen LogP contribution in [-0.4, -0.2) is 27.3 Å². The van der Waals surface area contributed by atoms with E-state index in [1.54, 1.807) is 0 Å². The van der Waals surface area contributed by atoms with Gasteiger partial charge in [0, 0.05) is 18.0 Å². The predicted octanol–water partition coefficient (Wildman–Crippen LogP) is 2.07. The second kappa shape index (κ2) is 6.39. The van der Waals surface area contributed by atoms with Crippen molar-refractivity contribution in [1.82, 2.24) is 9.88 Å². The Morgan fingerprint density at radius 1 is 1.61 bits per heavy atom. The van der Waals surface area contributed by atoms with Gasteiger partial charge in [0.25, 0.3) is 5.91 Å². The number of rotatable bonds is 6. The molecule has 6 nitrogen and oxygen atoms in total. The van der Waals surface area contributed by atoms with Crippen molar-refractivity contribution in [2.24, 2.45) is 7.05 Å². The Balaban J connectivity index is 2.70. The lowest BCUT2D eigenvalue weighted by molar-refractivity contribution is -0.391. The maximum atomic E-state index is 11.9. The summed E-state index contributed by atoms with van der Waals surface area (Å²) in [5.74, 6) is 0.136. The third-order valence-electron chi connectivity index (χ3n) is 2.66. The Hall–Kier alpha value is -1.56. The van der Waals surface area contributed by atoms with Crippen molar-refractivity contribution in [3.63, 3.8) is 0 Å². The number of nitrogens with zero attached hydrogens (tertiary/aromatic N) is 2. The second-order valence-corrected chi connectivity index (χ2v) is 4.48. The number of carbonyl (C=O) groups excluding carboxylic acids is 1. The van der Waals surface area contributed by atoms with Crippen molar-refractivity contribution >= 4 is 23.3 Å². The lowest BCUT2D eigenvalue weighted by Crippen LogP contribution is -2.33. The highest BCUT2D eigenvalue weighted by Gasteiger charge is 2.21. The minimum absolute atomic E-state index is 0.00907. The average molecular weight is 274 g/mol. The van der Waals surface area contributed by atoms with E-state index in [-0.39, 0.29) is 23.5 Å². The van der Waals surface area contributed by atoms with Gasteiger partial charge in [0.2, 0.25) is 0 Å². The first-order chi connectivity index (χ1) is 8.47. The summed E-state index contributed by atoms with van der Waals surface area (Å²) in [6, 6.07) is 2.75. The van der Waals surface area contributed by atoms with Crippen molar-refractivity contribution in [2.75, 3.05) is 5.88 Å². The van der Waals surface area contributed by atoms with Gasteiger partial charge < -0.3 is 15.4 Å². The molecule has 0 aliphatic carbocycles. The molecule has 1 N–H and O–H groups in total. The van der Waals surface area contributed by atoms with Crippen molar-refractivity contribution in [2.45, 2.75) is 25.8 Å². The van der Waals surface area contributed by atoms with Gasteiger partial charge in [-0.3, -0.25) is 4.79 Å². The van der Waals surface area contributed by atoms with Gasteiger partial charge in [-0.05, 0) is 30.8 Å². The summed E-state index contributed by atoms with van der Waals surface area (Å²) in [5.41, 5.74) is 0.277. The van der Waals surface area contributed by atoms with Crippen LogP contribution < -0.4 is 5.32 Å². The third-order valence-corrected chi connectivity index (χ3v) is 2.93. The summed E-state index contributed by atoms with van der Waals surface area (Å²) in [4.78, 5) is 22.0. The van der Waals surface area contributed by atoms with Gasteiger partial charge in [-0.25, -0.2) is 4.57 Å². The molecular formula is C11H16ClN3O3. The van der Waals surface area contributed by atoms with Crippen LogP contribution in [0, 0.1) is 10.1 Å². The molecule has 1 rings (SSSR count). The number of alkyl halides is 1. The molecule has 7 heteroatoms. The SMILES string of the molecule is CC(CCCCl)NC(=O)c1ccc([N+](=O)[O-])n1C. The maximum Gasteiger partial charge on any atom is 0.323 e. The molecule has 1 heterocycles. The summed E-state index contributed by atoms with van der Waals surface area (Å²) in [5, 5.41) is 13.4. The van der Waals surface area contributed by atoms with Gasteiger partial charge in [0.05, 0.1) is 7.05 Å². The first kappa shape index (κ1) is 14.5. The first-order valence-corrected chi connectivity index (χ1v) is 6.17. The Bertz CT molecular complexity index is 445. The minimum Gasteiger partial charge on any atom is -0.358 e. The maximum absolute atomic E-state index is 11.9. The molecule has 1 unspecified atom stereocenters. The standard InChI is InChI=1S/C11H16ClN3O3/c1-8(4-3-7-12)13-11(16)9-5-6-10(14(9)2)15(17)18/h5-6,8H,3-4,7H2,1-2H3,(H,13,16). The Morgan fingerprint density at radius 3 is 2.78 bits per heavy atom. The number of aromatic nitrogens is 1. The monoisotopic (exact) mass is 273 g/mol. The van der Waals surface area contributed by atoms with Crippen molar-refractivity contribution in [3.05, 3.63) is 27.9 Å².